The molecule has 20 heavy (non-hydrogen) atoms. The molecule has 4 nitrogen and oxygen atoms in total. The van der Waals surface area contributed by atoms with Crippen LogP contribution < -0.4 is 9.47 Å². The SMILES string of the molecule is COc1cccc(OC/C=C/CN2CCOCC2)c1.Cl. The van der Waals surface area contributed by atoms with Gasteiger partial charge in [0.1, 0.15) is 18.1 Å². The lowest BCUT2D eigenvalue weighted by atomic mass is 10.3. The Morgan fingerprint density at radius 3 is 2.70 bits per heavy atom. The van der Waals surface area contributed by atoms with Gasteiger partial charge < -0.3 is 14.2 Å². The standard InChI is InChI=1S/C15H21NO3.ClH/c1-17-14-5-4-6-15(13-14)19-10-3-2-7-16-8-11-18-12-9-16;/h2-6,13H,7-12H2,1H3;1H/b3-2+;. The van der Waals surface area contributed by atoms with Crippen molar-refractivity contribution < 1.29 is 14.2 Å². The van der Waals surface area contributed by atoms with Crippen molar-refractivity contribution in [3.05, 3.63) is 36.4 Å². The molecule has 0 spiro atoms. The zero-order valence-electron chi connectivity index (χ0n) is 11.8. The summed E-state index contributed by atoms with van der Waals surface area (Å²) in [6.07, 6.45) is 4.19. The van der Waals surface area contributed by atoms with E-state index in [2.05, 4.69) is 17.1 Å². The smallest absolute Gasteiger partial charge is 0.123 e. The summed E-state index contributed by atoms with van der Waals surface area (Å²) in [6.45, 7) is 5.26. The fourth-order valence-corrected chi connectivity index (χ4v) is 1.91. The lowest BCUT2D eigenvalue weighted by Gasteiger charge is -2.25. The number of methoxy groups -OCH3 is 1. The molecule has 0 N–H and O–H groups in total. The highest BCUT2D eigenvalue weighted by atomic mass is 35.5. The normalized spacial score (nSPS) is 15.8. The predicted molar refractivity (Wildman–Crippen MR) is 82.1 cm³/mol. The van der Waals surface area contributed by atoms with Crippen molar-refractivity contribution in [2.24, 2.45) is 0 Å². The van der Waals surface area contributed by atoms with Crippen molar-refractivity contribution in [1.29, 1.82) is 0 Å². The van der Waals surface area contributed by atoms with Crippen LogP contribution in [0.25, 0.3) is 0 Å². The zero-order chi connectivity index (χ0) is 13.3. The maximum atomic E-state index is 5.63. The van der Waals surface area contributed by atoms with Crippen molar-refractivity contribution >= 4 is 12.4 Å². The topological polar surface area (TPSA) is 30.9 Å². The van der Waals surface area contributed by atoms with Crippen LogP contribution in [0.2, 0.25) is 0 Å². The highest BCUT2D eigenvalue weighted by molar-refractivity contribution is 5.85. The first-order valence-electron chi connectivity index (χ1n) is 6.60. The first kappa shape index (κ1) is 16.8. The number of hydrogen-bond acceptors (Lipinski definition) is 4. The van der Waals surface area contributed by atoms with E-state index in [1.165, 1.54) is 0 Å². The van der Waals surface area contributed by atoms with Gasteiger partial charge in [0, 0.05) is 25.7 Å². The summed E-state index contributed by atoms with van der Waals surface area (Å²) < 4.78 is 16.1. The summed E-state index contributed by atoms with van der Waals surface area (Å²) in [4.78, 5) is 2.37. The fourth-order valence-electron chi connectivity index (χ4n) is 1.91. The van der Waals surface area contributed by atoms with E-state index in [0.717, 1.165) is 44.3 Å². The minimum absolute atomic E-state index is 0. The van der Waals surface area contributed by atoms with Gasteiger partial charge in [0.15, 0.2) is 0 Å². The van der Waals surface area contributed by atoms with Gasteiger partial charge in [-0.2, -0.15) is 0 Å². The number of halogens is 1. The van der Waals surface area contributed by atoms with Crippen molar-refractivity contribution in [3.63, 3.8) is 0 Å². The van der Waals surface area contributed by atoms with E-state index in [0.29, 0.717) is 6.61 Å². The Kier molecular flexibility index (Phi) is 8.11. The number of rotatable bonds is 6. The van der Waals surface area contributed by atoms with E-state index in [1.807, 2.05) is 24.3 Å². The molecule has 1 aliphatic rings. The van der Waals surface area contributed by atoms with Crippen LogP contribution in [0.15, 0.2) is 36.4 Å². The van der Waals surface area contributed by atoms with E-state index >= 15 is 0 Å². The van der Waals surface area contributed by atoms with E-state index in [4.69, 9.17) is 14.2 Å². The van der Waals surface area contributed by atoms with Gasteiger partial charge in [-0.25, -0.2) is 0 Å². The molecule has 0 bridgehead atoms. The molecule has 0 unspecified atom stereocenters. The van der Waals surface area contributed by atoms with Crippen LogP contribution in [0.1, 0.15) is 0 Å². The van der Waals surface area contributed by atoms with Crippen molar-refractivity contribution in [2.75, 3.05) is 46.6 Å². The van der Waals surface area contributed by atoms with Gasteiger partial charge in [-0.1, -0.05) is 18.2 Å². The number of hydrogen-bond donors (Lipinski definition) is 0. The summed E-state index contributed by atoms with van der Waals surface area (Å²) in [5.74, 6) is 1.64. The van der Waals surface area contributed by atoms with Gasteiger partial charge in [-0.05, 0) is 12.1 Å². The third kappa shape index (κ3) is 5.82. The Labute approximate surface area is 126 Å². The van der Waals surface area contributed by atoms with Crippen LogP contribution in [0.4, 0.5) is 0 Å². The van der Waals surface area contributed by atoms with Crippen LogP contribution in [0, 0.1) is 0 Å². The molecule has 0 aliphatic carbocycles. The zero-order valence-corrected chi connectivity index (χ0v) is 12.6. The highest BCUT2D eigenvalue weighted by Gasteiger charge is 2.07. The molecule has 2 rings (SSSR count). The maximum Gasteiger partial charge on any atom is 0.123 e. The van der Waals surface area contributed by atoms with E-state index in [-0.39, 0.29) is 12.4 Å². The molecule has 1 aromatic rings. The summed E-state index contributed by atoms with van der Waals surface area (Å²) in [5, 5.41) is 0. The van der Waals surface area contributed by atoms with Gasteiger partial charge in [0.05, 0.1) is 20.3 Å². The van der Waals surface area contributed by atoms with Gasteiger partial charge in [-0.15, -0.1) is 12.4 Å². The average Bonchev–Trinajstić information content (AvgIpc) is 2.48. The lowest BCUT2D eigenvalue weighted by Crippen LogP contribution is -2.36. The number of nitrogens with zero attached hydrogens (tertiary/aromatic N) is 1. The quantitative estimate of drug-likeness (QED) is 0.755. The van der Waals surface area contributed by atoms with Gasteiger partial charge in [0.2, 0.25) is 0 Å². The Bertz CT molecular complexity index is 406. The molecule has 0 saturated carbocycles. The minimum Gasteiger partial charge on any atom is -0.497 e. The second-order valence-corrected chi connectivity index (χ2v) is 4.37. The fraction of sp³-hybridized carbons (Fsp3) is 0.467. The molecule has 5 heteroatoms. The Morgan fingerprint density at radius 2 is 1.95 bits per heavy atom. The van der Waals surface area contributed by atoms with Crippen LogP contribution in [-0.2, 0) is 4.74 Å². The van der Waals surface area contributed by atoms with Crippen LogP contribution >= 0.6 is 12.4 Å². The largest absolute Gasteiger partial charge is 0.497 e. The van der Waals surface area contributed by atoms with Crippen molar-refractivity contribution in [2.45, 2.75) is 0 Å². The number of ether oxygens (including phenoxy) is 3. The molecule has 1 saturated heterocycles. The second kappa shape index (κ2) is 9.64. The minimum atomic E-state index is 0. The molecule has 1 aliphatic heterocycles. The lowest BCUT2D eigenvalue weighted by molar-refractivity contribution is 0.0434. The van der Waals surface area contributed by atoms with Crippen LogP contribution in [0.3, 0.4) is 0 Å². The van der Waals surface area contributed by atoms with Crippen molar-refractivity contribution in [1.82, 2.24) is 4.90 Å². The average molecular weight is 300 g/mol. The number of benzene rings is 1. The molecule has 0 radical (unpaired) electrons. The van der Waals surface area contributed by atoms with E-state index in [1.54, 1.807) is 7.11 Å². The van der Waals surface area contributed by atoms with Gasteiger partial charge >= 0.3 is 0 Å². The summed E-state index contributed by atoms with van der Waals surface area (Å²) in [5.41, 5.74) is 0. The molecule has 0 atom stereocenters. The summed E-state index contributed by atoms with van der Waals surface area (Å²) in [6, 6.07) is 7.64. The molecular formula is C15H22ClNO3. The van der Waals surface area contributed by atoms with Gasteiger partial charge in [0.25, 0.3) is 0 Å². The third-order valence-electron chi connectivity index (χ3n) is 3.02. The first-order valence-corrected chi connectivity index (χ1v) is 6.60. The first-order chi connectivity index (χ1) is 9.38. The second-order valence-electron chi connectivity index (χ2n) is 4.37. The third-order valence-corrected chi connectivity index (χ3v) is 3.02. The summed E-state index contributed by atoms with van der Waals surface area (Å²) >= 11 is 0. The molecule has 1 aromatic carbocycles. The maximum absolute atomic E-state index is 5.63. The highest BCUT2D eigenvalue weighted by Crippen LogP contribution is 2.18. The Morgan fingerprint density at radius 1 is 1.20 bits per heavy atom. The van der Waals surface area contributed by atoms with Crippen molar-refractivity contribution in [3.8, 4) is 11.5 Å². The Hall–Kier alpha value is -1.23. The molecule has 112 valence electrons. The van der Waals surface area contributed by atoms with Crippen LogP contribution in [0.5, 0.6) is 11.5 Å². The predicted octanol–water partition coefficient (Wildman–Crippen LogP) is 2.38. The molecule has 1 fully saturated rings. The summed E-state index contributed by atoms with van der Waals surface area (Å²) in [7, 11) is 1.65. The monoisotopic (exact) mass is 299 g/mol. The molecule has 1 heterocycles. The van der Waals surface area contributed by atoms with E-state index in [9.17, 15) is 0 Å². The molecule has 0 aromatic heterocycles. The number of morpholine rings is 1. The van der Waals surface area contributed by atoms with Gasteiger partial charge in [-0.3, -0.25) is 4.90 Å². The van der Waals surface area contributed by atoms with E-state index < -0.39 is 0 Å². The molecule has 0 amide bonds. The Balaban J connectivity index is 0.00000200. The van der Waals surface area contributed by atoms with Crippen LogP contribution in [-0.4, -0.2) is 51.5 Å². The molecular weight excluding hydrogens is 278 g/mol.